The van der Waals surface area contributed by atoms with Crippen LogP contribution in [-0.4, -0.2) is 42.4 Å². The summed E-state index contributed by atoms with van der Waals surface area (Å²) in [4.78, 5) is 11.9. The van der Waals surface area contributed by atoms with Crippen LogP contribution in [0.25, 0.3) is 0 Å². The smallest absolute Gasteiger partial charge is 0.492 e. The maximum atomic E-state index is 10.7. The molecular formula is C11H17BNO4-. The minimum atomic E-state index is -1.16. The van der Waals surface area contributed by atoms with E-state index in [1.807, 2.05) is 33.8 Å². The zero-order valence-corrected chi connectivity index (χ0v) is 10.6. The summed E-state index contributed by atoms with van der Waals surface area (Å²) in [5.74, 6) is 0. The Morgan fingerprint density at radius 2 is 1.88 bits per heavy atom. The van der Waals surface area contributed by atoms with Crippen molar-refractivity contribution in [2.45, 2.75) is 38.9 Å². The summed E-state index contributed by atoms with van der Waals surface area (Å²) < 4.78 is 11.7. The van der Waals surface area contributed by atoms with Gasteiger partial charge in [-0.2, -0.15) is 0 Å². The van der Waals surface area contributed by atoms with Crippen molar-refractivity contribution in [1.29, 1.82) is 0 Å². The highest BCUT2D eigenvalue weighted by Crippen LogP contribution is 2.39. The van der Waals surface area contributed by atoms with Crippen LogP contribution in [0.4, 0.5) is 4.79 Å². The number of carbonyl (C=O) groups excluding carboxylic acids is 1. The minimum absolute atomic E-state index is 0.305. The standard InChI is InChI=1S/C11H18BNO4/c1-10(2)11(3,4)17-12(16-10)8-5-6-13(7-8)9(14)15/h5H,6-7H2,1-4H3,(H,14,15)/p-1. The SMILES string of the molecule is CC1(C)OB(C2=CCN(C(=O)[O-])C2)OC1(C)C. The van der Waals surface area contributed by atoms with Gasteiger partial charge >= 0.3 is 7.12 Å². The first-order valence-corrected chi connectivity index (χ1v) is 5.73. The van der Waals surface area contributed by atoms with Gasteiger partial charge in [-0.25, -0.2) is 0 Å². The number of rotatable bonds is 1. The van der Waals surface area contributed by atoms with Gasteiger partial charge in [-0.15, -0.1) is 0 Å². The van der Waals surface area contributed by atoms with Crippen LogP contribution < -0.4 is 5.11 Å². The van der Waals surface area contributed by atoms with Crippen LogP contribution in [0.15, 0.2) is 11.5 Å². The largest absolute Gasteiger partial charge is 0.530 e. The van der Waals surface area contributed by atoms with Crippen LogP contribution >= 0.6 is 0 Å². The summed E-state index contributed by atoms with van der Waals surface area (Å²) in [6, 6.07) is 0. The lowest BCUT2D eigenvalue weighted by Gasteiger charge is -2.32. The van der Waals surface area contributed by atoms with E-state index in [2.05, 4.69) is 0 Å². The van der Waals surface area contributed by atoms with Crippen molar-refractivity contribution >= 4 is 13.2 Å². The van der Waals surface area contributed by atoms with E-state index in [1.54, 1.807) is 0 Å². The first-order valence-electron chi connectivity index (χ1n) is 5.73. The van der Waals surface area contributed by atoms with E-state index >= 15 is 0 Å². The van der Waals surface area contributed by atoms with Crippen molar-refractivity contribution in [3.63, 3.8) is 0 Å². The Balaban J connectivity index is 2.06. The van der Waals surface area contributed by atoms with E-state index in [9.17, 15) is 9.90 Å². The quantitative estimate of drug-likeness (QED) is 0.612. The Labute approximate surface area is 102 Å². The molecule has 0 saturated carbocycles. The van der Waals surface area contributed by atoms with Crippen molar-refractivity contribution in [2.24, 2.45) is 0 Å². The number of carbonyl (C=O) groups is 1. The molecule has 2 rings (SSSR count). The highest BCUT2D eigenvalue weighted by molar-refractivity contribution is 6.55. The molecule has 94 valence electrons. The Bertz CT molecular complexity index is 362. The molecule has 0 radical (unpaired) electrons. The molecule has 0 aliphatic carbocycles. The predicted molar refractivity (Wildman–Crippen MR) is 61.1 cm³/mol. The number of hydrogen-bond acceptors (Lipinski definition) is 4. The van der Waals surface area contributed by atoms with E-state index in [-0.39, 0.29) is 0 Å². The summed E-state index contributed by atoms with van der Waals surface area (Å²) in [6.45, 7) is 8.54. The van der Waals surface area contributed by atoms with Crippen molar-refractivity contribution < 1.29 is 19.2 Å². The monoisotopic (exact) mass is 238 g/mol. The summed E-state index contributed by atoms with van der Waals surface area (Å²) in [5, 5.41) is 10.7. The Kier molecular flexibility index (Phi) is 2.74. The first-order chi connectivity index (χ1) is 7.73. The van der Waals surface area contributed by atoms with Crippen LogP contribution in [0.2, 0.25) is 0 Å². The van der Waals surface area contributed by atoms with Crippen molar-refractivity contribution in [3.8, 4) is 0 Å². The van der Waals surface area contributed by atoms with Crippen LogP contribution in [0.5, 0.6) is 0 Å². The molecule has 0 N–H and O–H groups in total. The molecule has 0 bridgehead atoms. The average molecular weight is 238 g/mol. The average Bonchev–Trinajstić information content (AvgIpc) is 2.70. The maximum Gasteiger partial charge on any atom is 0.492 e. The lowest BCUT2D eigenvalue weighted by molar-refractivity contribution is -0.264. The second-order valence-corrected chi connectivity index (χ2v) is 5.51. The van der Waals surface area contributed by atoms with E-state index in [1.165, 1.54) is 4.90 Å². The van der Waals surface area contributed by atoms with E-state index in [4.69, 9.17) is 9.31 Å². The van der Waals surface area contributed by atoms with Crippen LogP contribution in [0.3, 0.4) is 0 Å². The zero-order chi connectivity index (χ0) is 12.8. The summed E-state index contributed by atoms with van der Waals surface area (Å²) in [5.41, 5.74) is 0.0636. The Morgan fingerprint density at radius 1 is 1.35 bits per heavy atom. The number of nitrogens with zero attached hydrogens (tertiary/aromatic N) is 1. The van der Waals surface area contributed by atoms with Gasteiger partial charge < -0.3 is 24.1 Å². The molecule has 0 aromatic carbocycles. The van der Waals surface area contributed by atoms with Crippen LogP contribution in [0, 0.1) is 0 Å². The summed E-state index contributed by atoms with van der Waals surface area (Å²) >= 11 is 0. The molecular weight excluding hydrogens is 221 g/mol. The first kappa shape index (κ1) is 12.5. The minimum Gasteiger partial charge on any atom is -0.530 e. The molecule has 2 aliphatic heterocycles. The van der Waals surface area contributed by atoms with Gasteiger partial charge in [0.1, 0.15) is 6.09 Å². The van der Waals surface area contributed by atoms with E-state index < -0.39 is 24.4 Å². The molecule has 1 fully saturated rings. The fourth-order valence-corrected chi connectivity index (χ4v) is 1.88. The Hall–Kier alpha value is -1.01. The molecule has 6 heteroatoms. The van der Waals surface area contributed by atoms with Crippen molar-refractivity contribution in [2.75, 3.05) is 13.1 Å². The molecule has 0 atom stereocenters. The fourth-order valence-electron chi connectivity index (χ4n) is 1.88. The van der Waals surface area contributed by atoms with Gasteiger partial charge in [0.25, 0.3) is 0 Å². The lowest BCUT2D eigenvalue weighted by Crippen LogP contribution is -2.41. The molecule has 0 aromatic rings. The predicted octanol–water partition coefficient (Wildman–Crippen LogP) is 0.203. The molecule has 2 heterocycles. The maximum absolute atomic E-state index is 10.7. The normalized spacial score (nSPS) is 26.2. The van der Waals surface area contributed by atoms with Gasteiger partial charge in [0, 0.05) is 13.1 Å². The van der Waals surface area contributed by atoms with Crippen LogP contribution in [0.1, 0.15) is 27.7 Å². The van der Waals surface area contributed by atoms with Gasteiger partial charge in [-0.05, 0) is 33.2 Å². The van der Waals surface area contributed by atoms with Gasteiger partial charge in [-0.1, -0.05) is 6.08 Å². The highest BCUT2D eigenvalue weighted by Gasteiger charge is 2.52. The molecule has 2 aliphatic rings. The molecule has 0 unspecified atom stereocenters. The topological polar surface area (TPSA) is 61.8 Å². The third-order valence-corrected chi connectivity index (χ3v) is 3.76. The number of hydrogen-bond donors (Lipinski definition) is 0. The molecule has 1 amide bonds. The molecule has 17 heavy (non-hydrogen) atoms. The van der Waals surface area contributed by atoms with Gasteiger partial charge in [0.2, 0.25) is 0 Å². The second-order valence-electron chi connectivity index (χ2n) is 5.51. The Morgan fingerprint density at radius 3 is 2.29 bits per heavy atom. The molecule has 1 saturated heterocycles. The second kappa shape index (κ2) is 3.75. The van der Waals surface area contributed by atoms with Crippen molar-refractivity contribution in [1.82, 2.24) is 4.90 Å². The van der Waals surface area contributed by atoms with Gasteiger partial charge in [-0.3, -0.25) is 0 Å². The molecule has 0 spiro atoms. The molecule has 5 nitrogen and oxygen atoms in total. The van der Waals surface area contributed by atoms with Crippen LogP contribution in [-0.2, 0) is 9.31 Å². The van der Waals surface area contributed by atoms with Gasteiger partial charge in [0.05, 0.1) is 11.2 Å². The number of carboxylic acid groups (broad SMARTS) is 1. The molecule has 0 aromatic heterocycles. The van der Waals surface area contributed by atoms with Crippen molar-refractivity contribution in [3.05, 3.63) is 11.5 Å². The third kappa shape index (κ3) is 2.07. The third-order valence-electron chi connectivity index (χ3n) is 3.76. The van der Waals surface area contributed by atoms with E-state index in [0.29, 0.717) is 13.1 Å². The van der Waals surface area contributed by atoms with Gasteiger partial charge in [0.15, 0.2) is 0 Å². The van der Waals surface area contributed by atoms with E-state index in [0.717, 1.165) is 5.47 Å². The summed E-state index contributed by atoms with van der Waals surface area (Å²) in [7, 11) is -0.454. The lowest BCUT2D eigenvalue weighted by atomic mass is 9.79. The summed E-state index contributed by atoms with van der Waals surface area (Å²) in [6.07, 6.45) is 0.672. The number of amides is 1. The zero-order valence-electron chi connectivity index (χ0n) is 10.6. The highest BCUT2D eigenvalue weighted by atomic mass is 16.7. The fraction of sp³-hybridized carbons (Fsp3) is 0.727.